The number of aromatic nitrogens is 2. The van der Waals surface area contributed by atoms with E-state index < -0.39 is 0 Å². The number of nitrogens with one attached hydrogen (secondary N) is 1. The van der Waals surface area contributed by atoms with Crippen LogP contribution in [0.1, 0.15) is 0 Å². The van der Waals surface area contributed by atoms with Crippen LogP contribution in [0.3, 0.4) is 0 Å². The topological polar surface area (TPSA) is 46.9 Å². The molecule has 0 unspecified atom stereocenters. The van der Waals surface area contributed by atoms with Crippen LogP contribution < -0.4 is 10.9 Å². The molecule has 0 saturated heterocycles. The Balaban J connectivity index is 2.64. The molecule has 0 aliphatic heterocycles. The Kier molecular flexibility index (Phi) is 3.96. The molecular formula is C15H15N3O. The van der Waals surface area contributed by atoms with Gasteiger partial charge in [-0.2, -0.15) is 0 Å². The van der Waals surface area contributed by atoms with E-state index >= 15 is 0 Å². The standard InChI is InChI=1S/C15H15N3O/c1-3-4-10-18-14(12-8-6-5-7-9-12)17-11-13(16-2)15(18)19/h4-9,11,16H,1,10H2,2H3. The monoisotopic (exact) mass is 253 g/mol. The molecular weight excluding hydrogens is 238 g/mol. The molecule has 0 spiro atoms. The van der Waals surface area contributed by atoms with Gasteiger partial charge in [-0.05, 0) is 6.08 Å². The van der Waals surface area contributed by atoms with Crippen molar-refractivity contribution in [3.63, 3.8) is 0 Å². The van der Waals surface area contributed by atoms with Crippen LogP contribution in [0.15, 0.2) is 59.7 Å². The van der Waals surface area contributed by atoms with Crippen molar-refractivity contribution in [2.45, 2.75) is 6.54 Å². The van der Waals surface area contributed by atoms with Gasteiger partial charge in [0.2, 0.25) is 0 Å². The van der Waals surface area contributed by atoms with Gasteiger partial charge in [-0.15, -0.1) is 5.73 Å². The summed E-state index contributed by atoms with van der Waals surface area (Å²) < 4.78 is 1.60. The Hall–Kier alpha value is -2.58. The van der Waals surface area contributed by atoms with Gasteiger partial charge in [-0.3, -0.25) is 9.36 Å². The lowest BCUT2D eigenvalue weighted by Crippen LogP contribution is -2.24. The van der Waals surface area contributed by atoms with Crippen LogP contribution in [0.4, 0.5) is 5.69 Å². The Morgan fingerprint density at radius 3 is 2.79 bits per heavy atom. The molecule has 0 fully saturated rings. The summed E-state index contributed by atoms with van der Waals surface area (Å²) in [5.41, 5.74) is 3.94. The average molecular weight is 253 g/mol. The molecule has 0 aliphatic rings. The second-order valence-electron chi connectivity index (χ2n) is 3.94. The van der Waals surface area contributed by atoms with E-state index in [9.17, 15) is 4.79 Å². The molecule has 0 amide bonds. The van der Waals surface area contributed by atoms with E-state index in [4.69, 9.17) is 0 Å². The van der Waals surface area contributed by atoms with Crippen molar-refractivity contribution < 1.29 is 0 Å². The number of hydrogen-bond acceptors (Lipinski definition) is 3. The second-order valence-corrected chi connectivity index (χ2v) is 3.94. The van der Waals surface area contributed by atoms with Crippen LogP contribution in [-0.2, 0) is 6.54 Å². The number of hydrogen-bond donors (Lipinski definition) is 1. The number of benzene rings is 1. The number of anilines is 1. The van der Waals surface area contributed by atoms with E-state index in [0.29, 0.717) is 18.1 Å². The Labute approximate surface area is 111 Å². The minimum absolute atomic E-state index is 0.108. The summed E-state index contributed by atoms with van der Waals surface area (Å²) >= 11 is 0. The normalized spacial score (nSPS) is 9.74. The Morgan fingerprint density at radius 1 is 1.42 bits per heavy atom. The first-order valence-electron chi connectivity index (χ1n) is 5.95. The maximum atomic E-state index is 12.3. The maximum absolute atomic E-state index is 12.3. The molecule has 0 aliphatic carbocycles. The zero-order valence-corrected chi connectivity index (χ0v) is 10.8. The highest BCUT2D eigenvalue weighted by Crippen LogP contribution is 2.15. The summed E-state index contributed by atoms with van der Waals surface area (Å²) in [5, 5.41) is 2.84. The van der Waals surface area contributed by atoms with Gasteiger partial charge in [0.05, 0.1) is 12.7 Å². The summed E-state index contributed by atoms with van der Waals surface area (Å²) in [5.74, 6) is 0.635. The fourth-order valence-corrected chi connectivity index (χ4v) is 1.81. The van der Waals surface area contributed by atoms with E-state index in [1.807, 2.05) is 30.3 Å². The van der Waals surface area contributed by atoms with E-state index in [1.54, 1.807) is 23.9 Å². The minimum Gasteiger partial charge on any atom is -0.382 e. The fraction of sp³-hybridized carbons (Fsp3) is 0.133. The third-order valence-electron chi connectivity index (χ3n) is 2.77. The lowest BCUT2D eigenvalue weighted by molar-refractivity contribution is 0.768. The van der Waals surface area contributed by atoms with E-state index in [0.717, 1.165) is 5.56 Å². The second kappa shape index (κ2) is 5.85. The SMILES string of the molecule is C=C=CCn1c(-c2ccccc2)ncc(NC)c1=O. The highest BCUT2D eigenvalue weighted by atomic mass is 16.1. The number of rotatable bonds is 4. The molecule has 0 radical (unpaired) electrons. The molecule has 1 aromatic heterocycles. The van der Waals surface area contributed by atoms with Gasteiger partial charge in [0.25, 0.3) is 5.56 Å². The molecule has 1 aromatic carbocycles. The quantitative estimate of drug-likeness (QED) is 0.850. The van der Waals surface area contributed by atoms with Crippen molar-refractivity contribution in [1.82, 2.24) is 9.55 Å². The minimum atomic E-state index is -0.108. The first kappa shape index (κ1) is 12.9. The Bertz CT molecular complexity index is 668. The summed E-state index contributed by atoms with van der Waals surface area (Å²) in [6, 6.07) is 9.61. The zero-order chi connectivity index (χ0) is 13.7. The molecule has 4 nitrogen and oxygen atoms in total. The molecule has 2 aromatic rings. The maximum Gasteiger partial charge on any atom is 0.277 e. The highest BCUT2D eigenvalue weighted by molar-refractivity contribution is 5.56. The van der Waals surface area contributed by atoms with Gasteiger partial charge in [0.15, 0.2) is 0 Å². The zero-order valence-electron chi connectivity index (χ0n) is 10.8. The van der Waals surface area contributed by atoms with E-state index in [-0.39, 0.29) is 5.56 Å². The third-order valence-corrected chi connectivity index (χ3v) is 2.77. The molecule has 96 valence electrons. The smallest absolute Gasteiger partial charge is 0.277 e. The van der Waals surface area contributed by atoms with Crippen LogP contribution in [0, 0.1) is 0 Å². The summed E-state index contributed by atoms with van der Waals surface area (Å²) in [7, 11) is 1.70. The Morgan fingerprint density at radius 2 is 2.16 bits per heavy atom. The highest BCUT2D eigenvalue weighted by Gasteiger charge is 2.09. The van der Waals surface area contributed by atoms with E-state index in [1.165, 1.54) is 0 Å². The van der Waals surface area contributed by atoms with Crippen LogP contribution in [-0.4, -0.2) is 16.6 Å². The van der Waals surface area contributed by atoms with Crippen molar-refractivity contribution in [2.75, 3.05) is 12.4 Å². The van der Waals surface area contributed by atoms with E-state index in [2.05, 4.69) is 22.6 Å². The molecule has 1 heterocycles. The van der Waals surface area contributed by atoms with Crippen molar-refractivity contribution in [2.24, 2.45) is 0 Å². The summed E-state index contributed by atoms with van der Waals surface area (Å²) in [4.78, 5) is 16.7. The molecule has 19 heavy (non-hydrogen) atoms. The van der Waals surface area contributed by atoms with Crippen molar-refractivity contribution >= 4 is 5.69 Å². The predicted octanol–water partition coefficient (Wildman–Crippen LogP) is 2.29. The van der Waals surface area contributed by atoms with Gasteiger partial charge >= 0.3 is 0 Å². The van der Waals surface area contributed by atoms with Crippen molar-refractivity contribution in [1.29, 1.82) is 0 Å². The van der Waals surface area contributed by atoms with Gasteiger partial charge in [-0.1, -0.05) is 36.9 Å². The third kappa shape index (κ3) is 2.64. The molecule has 0 saturated carbocycles. The molecule has 0 bridgehead atoms. The van der Waals surface area contributed by atoms with Gasteiger partial charge in [0.1, 0.15) is 11.5 Å². The van der Waals surface area contributed by atoms with Crippen LogP contribution >= 0.6 is 0 Å². The molecule has 2 rings (SSSR count). The van der Waals surface area contributed by atoms with Gasteiger partial charge < -0.3 is 5.32 Å². The molecule has 4 heteroatoms. The lowest BCUT2D eigenvalue weighted by atomic mass is 10.2. The number of allylic oxidation sites excluding steroid dienone is 1. The van der Waals surface area contributed by atoms with Crippen LogP contribution in [0.5, 0.6) is 0 Å². The van der Waals surface area contributed by atoms with Crippen molar-refractivity contribution in [3.8, 4) is 11.4 Å². The summed E-state index contributed by atoms with van der Waals surface area (Å²) in [6.07, 6.45) is 3.26. The number of nitrogens with zero attached hydrogens (tertiary/aromatic N) is 2. The predicted molar refractivity (Wildman–Crippen MR) is 77.2 cm³/mol. The van der Waals surface area contributed by atoms with Crippen LogP contribution in [0.2, 0.25) is 0 Å². The van der Waals surface area contributed by atoms with Crippen molar-refractivity contribution in [3.05, 3.63) is 65.3 Å². The van der Waals surface area contributed by atoms with Gasteiger partial charge in [0, 0.05) is 12.6 Å². The van der Waals surface area contributed by atoms with Crippen LogP contribution in [0.25, 0.3) is 11.4 Å². The summed E-state index contributed by atoms with van der Waals surface area (Å²) in [6.45, 7) is 3.92. The molecule has 1 N–H and O–H groups in total. The lowest BCUT2D eigenvalue weighted by Gasteiger charge is -2.11. The molecule has 0 atom stereocenters. The first-order chi connectivity index (χ1) is 9.27. The largest absolute Gasteiger partial charge is 0.382 e. The average Bonchev–Trinajstić information content (AvgIpc) is 2.46. The first-order valence-corrected chi connectivity index (χ1v) is 5.95. The fourth-order valence-electron chi connectivity index (χ4n) is 1.81. The van der Waals surface area contributed by atoms with Gasteiger partial charge in [-0.25, -0.2) is 4.98 Å².